The minimum Gasteiger partial charge on any atom is -0.354 e. The van der Waals surface area contributed by atoms with Crippen molar-refractivity contribution in [3.05, 3.63) is 58.6 Å². The van der Waals surface area contributed by atoms with Gasteiger partial charge < -0.3 is 10.7 Å². The van der Waals surface area contributed by atoms with Crippen LogP contribution in [0.3, 0.4) is 0 Å². The van der Waals surface area contributed by atoms with Crippen LogP contribution in [-0.2, 0) is 6.42 Å². The van der Waals surface area contributed by atoms with Gasteiger partial charge >= 0.3 is 0 Å². The van der Waals surface area contributed by atoms with Gasteiger partial charge in [-0.1, -0.05) is 46.3 Å². The van der Waals surface area contributed by atoms with Crippen molar-refractivity contribution in [2.24, 2.45) is 5.73 Å². The van der Waals surface area contributed by atoms with E-state index in [-0.39, 0.29) is 0 Å². The van der Waals surface area contributed by atoms with Crippen LogP contribution in [-0.4, -0.2) is 11.5 Å². The summed E-state index contributed by atoms with van der Waals surface area (Å²) in [5, 5.41) is 1.31. The van der Waals surface area contributed by atoms with Gasteiger partial charge in [0.15, 0.2) is 0 Å². The minimum atomic E-state index is 0.757. The number of fused-ring (bicyclic) bond motifs is 1. The summed E-state index contributed by atoms with van der Waals surface area (Å²) in [7, 11) is 0. The zero-order chi connectivity index (χ0) is 14.7. The molecule has 0 fully saturated rings. The standard InChI is InChI=1S/C18H19BrN2/c19-14-9-10-17-16(12-14)15(8-4-5-11-20)18(21-17)13-6-2-1-3-7-13/h1-3,6-7,9-10,12,21H,4-5,8,11,20H2. The SMILES string of the molecule is NCCCCc1c(-c2ccccc2)[nH]c2ccc(Br)cc12. The fourth-order valence-electron chi connectivity index (χ4n) is 2.78. The summed E-state index contributed by atoms with van der Waals surface area (Å²) in [5.41, 5.74) is 10.7. The predicted molar refractivity (Wildman–Crippen MR) is 93.4 cm³/mol. The Bertz CT molecular complexity index is 732. The molecule has 0 aliphatic carbocycles. The van der Waals surface area contributed by atoms with E-state index in [1.165, 1.54) is 27.7 Å². The maximum Gasteiger partial charge on any atom is 0.0497 e. The number of hydrogen-bond acceptors (Lipinski definition) is 1. The number of nitrogens with one attached hydrogen (secondary N) is 1. The number of nitrogens with two attached hydrogens (primary N) is 1. The first kappa shape index (κ1) is 14.4. The molecule has 0 unspecified atom stereocenters. The first-order valence-corrected chi connectivity index (χ1v) is 8.14. The van der Waals surface area contributed by atoms with E-state index in [9.17, 15) is 0 Å². The van der Waals surface area contributed by atoms with Crippen LogP contribution in [0.2, 0.25) is 0 Å². The van der Waals surface area contributed by atoms with Crippen LogP contribution in [0.5, 0.6) is 0 Å². The van der Waals surface area contributed by atoms with Gasteiger partial charge in [-0.05, 0) is 55.1 Å². The average molecular weight is 343 g/mol. The van der Waals surface area contributed by atoms with Crippen LogP contribution in [0.15, 0.2) is 53.0 Å². The molecule has 3 rings (SSSR count). The normalized spacial score (nSPS) is 11.1. The van der Waals surface area contributed by atoms with Crippen LogP contribution in [0.1, 0.15) is 18.4 Å². The van der Waals surface area contributed by atoms with Crippen molar-refractivity contribution in [1.29, 1.82) is 0 Å². The van der Waals surface area contributed by atoms with Gasteiger partial charge in [-0.15, -0.1) is 0 Å². The molecule has 3 N–H and O–H groups in total. The molecule has 2 aromatic carbocycles. The number of unbranched alkanes of at least 4 members (excludes halogenated alkanes) is 1. The Morgan fingerprint density at radius 1 is 1.00 bits per heavy atom. The summed E-state index contributed by atoms with van der Waals surface area (Å²) in [6.07, 6.45) is 3.24. The maximum atomic E-state index is 5.64. The smallest absolute Gasteiger partial charge is 0.0497 e. The van der Waals surface area contributed by atoms with Crippen molar-refractivity contribution >= 4 is 26.8 Å². The third-order valence-electron chi connectivity index (χ3n) is 3.81. The molecule has 0 amide bonds. The number of hydrogen-bond donors (Lipinski definition) is 2. The largest absolute Gasteiger partial charge is 0.354 e. The molecule has 3 aromatic rings. The van der Waals surface area contributed by atoms with Crippen molar-refractivity contribution in [3.63, 3.8) is 0 Å². The van der Waals surface area contributed by atoms with Crippen LogP contribution < -0.4 is 5.73 Å². The van der Waals surface area contributed by atoms with Gasteiger partial charge in [0.1, 0.15) is 0 Å². The number of aromatic amines is 1. The molecular weight excluding hydrogens is 324 g/mol. The quantitative estimate of drug-likeness (QED) is 0.637. The number of aryl methyl sites for hydroxylation is 1. The number of benzene rings is 2. The summed E-state index contributed by atoms with van der Waals surface area (Å²) >= 11 is 3.58. The van der Waals surface area contributed by atoms with Gasteiger partial charge in [-0.25, -0.2) is 0 Å². The first-order valence-electron chi connectivity index (χ1n) is 7.35. The molecular formula is C18H19BrN2. The molecule has 0 radical (unpaired) electrons. The molecule has 0 bridgehead atoms. The number of halogens is 1. The Morgan fingerprint density at radius 3 is 2.57 bits per heavy atom. The second-order valence-electron chi connectivity index (χ2n) is 5.28. The summed E-state index contributed by atoms with van der Waals surface area (Å²) in [4.78, 5) is 3.58. The number of rotatable bonds is 5. The maximum absolute atomic E-state index is 5.64. The molecule has 0 aliphatic rings. The molecule has 0 saturated heterocycles. The highest BCUT2D eigenvalue weighted by molar-refractivity contribution is 9.10. The number of H-pyrrole nitrogens is 1. The molecule has 0 saturated carbocycles. The highest BCUT2D eigenvalue weighted by Gasteiger charge is 2.13. The summed E-state index contributed by atoms with van der Waals surface area (Å²) in [5.74, 6) is 0. The Kier molecular flexibility index (Phi) is 4.42. The van der Waals surface area contributed by atoms with Gasteiger partial charge in [0, 0.05) is 21.1 Å². The van der Waals surface area contributed by atoms with Gasteiger partial charge in [-0.3, -0.25) is 0 Å². The summed E-state index contributed by atoms with van der Waals surface area (Å²) in [6.45, 7) is 0.757. The zero-order valence-corrected chi connectivity index (χ0v) is 13.5. The molecule has 1 heterocycles. The molecule has 0 spiro atoms. The van der Waals surface area contributed by atoms with E-state index in [2.05, 4.69) is 69.4 Å². The monoisotopic (exact) mass is 342 g/mol. The van der Waals surface area contributed by atoms with Crippen molar-refractivity contribution < 1.29 is 0 Å². The Hall–Kier alpha value is -1.58. The molecule has 3 heteroatoms. The van der Waals surface area contributed by atoms with E-state index in [1.54, 1.807) is 0 Å². The topological polar surface area (TPSA) is 41.8 Å². The zero-order valence-electron chi connectivity index (χ0n) is 11.9. The predicted octanol–water partition coefficient (Wildman–Crippen LogP) is 4.88. The second-order valence-corrected chi connectivity index (χ2v) is 6.20. The van der Waals surface area contributed by atoms with E-state index in [4.69, 9.17) is 5.73 Å². The van der Waals surface area contributed by atoms with E-state index in [0.29, 0.717) is 0 Å². The second kappa shape index (κ2) is 6.46. The van der Waals surface area contributed by atoms with Crippen molar-refractivity contribution in [3.8, 4) is 11.3 Å². The summed E-state index contributed by atoms with van der Waals surface area (Å²) in [6, 6.07) is 17.0. The summed E-state index contributed by atoms with van der Waals surface area (Å²) < 4.78 is 1.12. The Balaban J connectivity index is 2.11. The molecule has 1 aromatic heterocycles. The fraction of sp³-hybridized carbons (Fsp3) is 0.222. The van der Waals surface area contributed by atoms with Crippen LogP contribution in [0.4, 0.5) is 0 Å². The lowest BCUT2D eigenvalue weighted by molar-refractivity contribution is 0.748. The lowest BCUT2D eigenvalue weighted by Gasteiger charge is -2.05. The van der Waals surface area contributed by atoms with Crippen molar-refractivity contribution in [2.45, 2.75) is 19.3 Å². The molecule has 108 valence electrons. The van der Waals surface area contributed by atoms with Crippen molar-refractivity contribution in [1.82, 2.24) is 4.98 Å². The highest BCUT2D eigenvalue weighted by atomic mass is 79.9. The number of aromatic nitrogens is 1. The van der Waals surface area contributed by atoms with Gasteiger partial charge in [0.25, 0.3) is 0 Å². The Morgan fingerprint density at radius 2 is 1.81 bits per heavy atom. The van der Waals surface area contributed by atoms with Crippen molar-refractivity contribution in [2.75, 3.05) is 6.54 Å². The lowest BCUT2D eigenvalue weighted by atomic mass is 10.0. The van der Waals surface area contributed by atoms with Gasteiger partial charge in [0.2, 0.25) is 0 Å². The third-order valence-corrected chi connectivity index (χ3v) is 4.30. The fourth-order valence-corrected chi connectivity index (χ4v) is 3.14. The first-order chi connectivity index (χ1) is 10.3. The minimum absolute atomic E-state index is 0.757. The third kappa shape index (κ3) is 3.04. The lowest BCUT2D eigenvalue weighted by Crippen LogP contribution is -1.99. The average Bonchev–Trinajstić information content (AvgIpc) is 2.87. The molecule has 0 atom stereocenters. The Labute approximate surface area is 133 Å². The van der Waals surface area contributed by atoms with Crippen LogP contribution >= 0.6 is 15.9 Å². The van der Waals surface area contributed by atoms with E-state index < -0.39 is 0 Å². The van der Waals surface area contributed by atoms with E-state index in [1.807, 2.05) is 0 Å². The van der Waals surface area contributed by atoms with E-state index in [0.717, 1.165) is 30.3 Å². The van der Waals surface area contributed by atoms with Gasteiger partial charge in [0.05, 0.1) is 0 Å². The van der Waals surface area contributed by atoms with Crippen LogP contribution in [0.25, 0.3) is 22.2 Å². The highest BCUT2D eigenvalue weighted by Crippen LogP contribution is 2.33. The van der Waals surface area contributed by atoms with Crippen LogP contribution in [0, 0.1) is 0 Å². The molecule has 2 nitrogen and oxygen atoms in total. The molecule has 21 heavy (non-hydrogen) atoms. The van der Waals surface area contributed by atoms with Gasteiger partial charge in [-0.2, -0.15) is 0 Å². The van der Waals surface area contributed by atoms with E-state index >= 15 is 0 Å². The molecule has 0 aliphatic heterocycles.